The Morgan fingerprint density at radius 2 is 2.14 bits per heavy atom. The molecule has 14 heavy (non-hydrogen) atoms. The Balaban J connectivity index is 2.07. The van der Waals surface area contributed by atoms with Gasteiger partial charge in [0.25, 0.3) is 0 Å². The van der Waals surface area contributed by atoms with Crippen molar-refractivity contribution in [2.45, 2.75) is 30.7 Å². The third kappa shape index (κ3) is 0.639. The molecule has 3 nitrogen and oxygen atoms in total. The fraction of sp³-hybridized carbons (Fsp3) is 0.700. The second-order valence-corrected chi connectivity index (χ2v) is 4.22. The molecular weight excluding hydrogens is 187 g/mol. The fourth-order valence-electron chi connectivity index (χ4n) is 2.73. The van der Waals surface area contributed by atoms with E-state index < -0.39 is 23.2 Å². The summed E-state index contributed by atoms with van der Waals surface area (Å²) in [6.07, 6.45) is 3.96. The van der Waals surface area contributed by atoms with Crippen LogP contribution in [0, 0.1) is 5.41 Å². The molecule has 2 heterocycles. The standard InChI is InChI=1S/C10H11FO3/c1-13-8(12)10(11)7-3-2-6(14-7)9(10)4-5-9/h2-3,6-7H,4-5H2,1H3/t6-,7+,10+/m0/s1. The predicted octanol–water partition coefficient (Wildman–Crippen LogP) is 0.985. The van der Waals surface area contributed by atoms with Crippen molar-refractivity contribution in [2.24, 2.45) is 5.41 Å². The first kappa shape index (κ1) is 8.41. The maximum atomic E-state index is 14.6. The van der Waals surface area contributed by atoms with E-state index in [1.807, 2.05) is 6.08 Å². The summed E-state index contributed by atoms with van der Waals surface area (Å²) in [6, 6.07) is 0. The summed E-state index contributed by atoms with van der Waals surface area (Å²) in [7, 11) is 1.22. The maximum Gasteiger partial charge on any atom is 0.347 e. The van der Waals surface area contributed by atoms with Gasteiger partial charge in [0.15, 0.2) is 0 Å². The molecule has 0 unspecified atom stereocenters. The number of hydrogen-bond acceptors (Lipinski definition) is 3. The fourth-order valence-corrected chi connectivity index (χ4v) is 2.73. The van der Waals surface area contributed by atoms with Gasteiger partial charge in [-0.3, -0.25) is 0 Å². The molecule has 1 saturated heterocycles. The van der Waals surface area contributed by atoms with Crippen molar-refractivity contribution >= 4 is 5.97 Å². The van der Waals surface area contributed by atoms with Crippen molar-refractivity contribution < 1.29 is 18.7 Å². The van der Waals surface area contributed by atoms with Gasteiger partial charge in [0, 0.05) is 5.41 Å². The topological polar surface area (TPSA) is 35.5 Å². The number of halogens is 1. The summed E-state index contributed by atoms with van der Waals surface area (Å²) >= 11 is 0. The van der Waals surface area contributed by atoms with E-state index in [4.69, 9.17) is 4.74 Å². The van der Waals surface area contributed by atoms with Gasteiger partial charge in [-0.2, -0.15) is 0 Å². The Labute approximate surface area is 80.9 Å². The number of carbonyl (C=O) groups excluding carboxylic acids is 1. The third-order valence-electron chi connectivity index (χ3n) is 3.69. The summed E-state index contributed by atoms with van der Waals surface area (Å²) in [4.78, 5) is 11.5. The molecule has 4 heteroatoms. The first-order valence-electron chi connectivity index (χ1n) is 4.76. The molecule has 0 amide bonds. The van der Waals surface area contributed by atoms with E-state index in [-0.39, 0.29) is 6.10 Å². The average Bonchev–Trinajstić information content (AvgIpc) is 2.78. The number of hydrogen-bond donors (Lipinski definition) is 0. The molecule has 2 bridgehead atoms. The molecule has 0 aromatic carbocycles. The molecule has 76 valence electrons. The maximum absolute atomic E-state index is 14.6. The predicted molar refractivity (Wildman–Crippen MR) is 45.3 cm³/mol. The summed E-state index contributed by atoms with van der Waals surface area (Å²) in [6.45, 7) is 0. The minimum Gasteiger partial charge on any atom is -0.467 e. The molecule has 0 aromatic heterocycles. The Hall–Kier alpha value is -0.900. The number of carbonyl (C=O) groups is 1. The lowest BCUT2D eigenvalue weighted by atomic mass is 9.77. The van der Waals surface area contributed by atoms with E-state index in [9.17, 15) is 9.18 Å². The van der Waals surface area contributed by atoms with Crippen LogP contribution in [0.3, 0.4) is 0 Å². The molecule has 1 spiro atoms. The van der Waals surface area contributed by atoms with E-state index in [1.165, 1.54) is 7.11 Å². The molecular formula is C10H11FO3. The molecule has 0 radical (unpaired) electrons. The van der Waals surface area contributed by atoms with Crippen LogP contribution < -0.4 is 0 Å². The van der Waals surface area contributed by atoms with Crippen molar-refractivity contribution in [1.82, 2.24) is 0 Å². The van der Waals surface area contributed by atoms with Crippen molar-refractivity contribution in [3.8, 4) is 0 Å². The molecule has 2 fully saturated rings. The van der Waals surface area contributed by atoms with Gasteiger partial charge >= 0.3 is 5.97 Å². The van der Waals surface area contributed by atoms with Crippen LogP contribution in [0.15, 0.2) is 12.2 Å². The van der Waals surface area contributed by atoms with Crippen LogP contribution in [0.25, 0.3) is 0 Å². The highest BCUT2D eigenvalue weighted by atomic mass is 19.1. The molecule has 3 aliphatic rings. The molecule has 1 saturated carbocycles. The van der Waals surface area contributed by atoms with Crippen LogP contribution in [0.5, 0.6) is 0 Å². The van der Waals surface area contributed by atoms with Crippen molar-refractivity contribution in [3.05, 3.63) is 12.2 Å². The van der Waals surface area contributed by atoms with Crippen LogP contribution in [-0.2, 0) is 14.3 Å². The molecule has 1 aliphatic carbocycles. The SMILES string of the molecule is COC(=O)[C@]1(F)[C@H]2C=C[C@H](O2)C12CC2. The molecule has 3 atom stereocenters. The van der Waals surface area contributed by atoms with Gasteiger partial charge in [-0.25, -0.2) is 9.18 Å². The van der Waals surface area contributed by atoms with Gasteiger partial charge in [0.1, 0.15) is 6.10 Å². The van der Waals surface area contributed by atoms with Crippen LogP contribution in [0.1, 0.15) is 12.8 Å². The van der Waals surface area contributed by atoms with Crippen LogP contribution in [0.2, 0.25) is 0 Å². The summed E-state index contributed by atoms with van der Waals surface area (Å²) in [5.74, 6) is -0.785. The Morgan fingerprint density at radius 3 is 2.71 bits per heavy atom. The van der Waals surface area contributed by atoms with E-state index >= 15 is 0 Å². The average molecular weight is 198 g/mol. The number of methoxy groups -OCH3 is 1. The van der Waals surface area contributed by atoms with Gasteiger partial charge in [-0.1, -0.05) is 12.2 Å². The summed E-state index contributed by atoms with van der Waals surface area (Å²) < 4.78 is 24.5. The zero-order chi connectivity index (χ0) is 9.97. The number of rotatable bonds is 1. The number of fused-ring (bicyclic) bond motifs is 3. The van der Waals surface area contributed by atoms with E-state index in [2.05, 4.69) is 4.74 Å². The highest BCUT2D eigenvalue weighted by Gasteiger charge is 2.78. The first-order chi connectivity index (χ1) is 6.65. The number of ether oxygens (including phenoxy) is 2. The van der Waals surface area contributed by atoms with E-state index in [1.54, 1.807) is 6.08 Å². The lowest BCUT2D eigenvalue weighted by Crippen LogP contribution is -2.50. The summed E-state index contributed by atoms with van der Waals surface area (Å²) in [5.41, 5.74) is -2.55. The minimum absolute atomic E-state index is 0.225. The zero-order valence-electron chi connectivity index (χ0n) is 7.83. The molecule has 2 aliphatic heterocycles. The highest BCUT2D eigenvalue weighted by molar-refractivity contribution is 5.84. The first-order valence-corrected chi connectivity index (χ1v) is 4.76. The quantitative estimate of drug-likeness (QED) is 0.465. The second kappa shape index (κ2) is 2.19. The zero-order valence-corrected chi connectivity index (χ0v) is 7.83. The third-order valence-corrected chi connectivity index (χ3v) is 3.69. The normalized spacial score (nSPS) is 45.9. The molecule has 0 aromatic rings. The number of esters is 1. The van der Waals surface area contributed by atoms with Crippen molar-refractivity contribution in [1.29, 1.82) is 0 Å². The largest absolute Gasteiger partial charge is 0.467 e. The van der Waals surface area contributed by atoms with E-state index in [0.717, 1.165) is 0 Å². The second-order valence-electron chi connectivity index (χ2n) is 4.22. The van der Waals surface area contributed by atoms with Gasteiger partial charge in [-0.15, -0.1) is 0 Å². The van der Waals surface area contributed by atoms with Crippen molar-refractivity contribution in [2.75, 3.05) is 7.11 Å². The highest BCUT2D eigenvalue weighted by Crippen LogP contribution is 2.67. The van der Waals surface area contributed by atoms with Crippen LogP contribution >= 0.6 is 0 Å². The van der Waals surface area contributed by atoms with Crippen LogP contribution in [0.4, 0.5) is 4.39 Å². The Bertz CT molecular complexity index is 334. The van der Waals surface area contributed by atoms with Gasteiger partial charge < -0.3 is 9.47 Å². The minimum atomic E-state index is -1.94. The molecule has 0 N–H and O–H groups in total. The van der Waals surface area contributed by atoms with E-state index in [0.29, 0.717) is 12.8 Å². The lowest BCUT2D eigenvalue weighted by Gasteiger charge is -2.29. The lowest BCUT2D eigenvalue weighted by molar-refractivity contribution is -0.160. The summed E-state index contributed by atoms with van der Waals surface area (Å²) in [5, 5.41) is 0. The smallest absolute Gasteiger partial charge is 0.347 e. The van der Waals surface area contributed by atoms with Gasteiger partial charge in [0.2, 0.25) is 5.67 Å². The Morgan fingerprint density at radius 1 is 1.50 bits per heavy atom. The van der Waals surface area contributed by atoms with Crippen LogP contribution in [-0.4, -0.2) is 31.0 Å². The van der Waals surface area contributed by atoms with Crippen molar-refractivity contribution in [3.63, 3.8) is 0 Å². The van der Waals surface area contributed by atoms with Gasteiger partial charge in [-0.05, 0) is 12.8 Å². The molecule has 3 rings (SSSR count). The monoisotopic (exact) mass is 198 g/mol. The van der Waals surface area contributed by atoms with Gasteiger partial charge in [0.05, 0.1) is 13.2 Å². The Kier molecular flexibility index (Phi) is 1.31. The number of alkyl halides is 1.